The van der Waals surface area contributed by atoms with Crippen LogP contribution in [0.15, 0.2) is 77.5 Å². The van der Waals surface area contributed by atoms with Crippen molar-refractivity contribution in [1.82, 2.24) is 9.88 Å². The lowest BCUT2D eigenvalue weighted by atomic mass is 9.85. The van der Waals surface area contributed by atoms with Crippen LogP contribution in [0.1, 0.15) is 48.6 Å². The summed E-state index contributed by atoms with van der Waals surface area (Å²) < 4.78 is 7.64. The van der Waals surface area contributed by atoms with E-state index in [1.807, 2.05) is 12.1 Å². The summed E-state index contributed by atoms with van der Waals surface area (Å²) in [5.74, 6) is 1.29. The highest BCUT2D eigenvalue weighted by atomic mass is 16.3. The third-order valence-electron chi connectivity index (χ3n) is 5.94. The van der Waals surface area contributed by atoms with Crippen molar-refractivity contribution in [2.45, 2.75) is 46.2 Å². The predicted molar refractivity (Wildman–Crippen MR) is 125 cm³/mol. The number of aryl methyl sites for hydroxylation is 1. The number of aromatic nitrogens is 1. The fourth-order valence-corrected chi connectivity index (χ4v) is 4.17. The van der Waals surface area contributed by atoms with E-state index in [2.05, 4.69) is 85.4 Å². The Morgan fingerprint density at radius 3 is 2.52 bits per heavy atom. The second kappa shape index (κ2) is 9.25. The average molecular weight is 415 g/mol. The zero-order chi connectivity index (χ0) is 21.8. The zero-order valence-electron chi connectivity index (χ0n) is 18.5. The summed E-state index contributed by atoms with van der Waals surface area (Å²) in [5.41, 5.74) is 4.99. The summed E-state index contributed by atoms with van der Waals surface area (Å²) in [4.78, 5) is 12.7. The molecule has 0 aliphatic rings. The molecule has 2 heterocycles. The third kappa shape index (κ3) is 4.91. The van der Waals surface area contributed by atoms with Crippen LogP contribution in [0.4, 0.5) is 0 Å². The molecule has 0 saturated heterocycles. The van der Waals surface area contributed by atoms with Gasteiger partial charge in [0.2, 0.25) is 5.91 Å². The number of amides is 1. The van der Waals surface area contributed by atoms with E-state index in [0.717, 1.165) is 12.3 Å². The molecule has 0 unspecified atom stereocenters. The molecule has 4 heteroatoms. The molecule has 0 aliphatic carbocycles. The van der Waals surface area contributed by atoms with Crippen LogP contribution in [0.25, 0.3) is 10.9 Å². The van der Waals surface area contributed by atoms with Gasteiger partial charge >= 0.3 is 0 Å². The lowest BCUT2D eigenvalue weighted by molar-refractivity contribution is -0.121. The molecule has 0 aliphatic heterocycles. The number of fused-ring (bicyclic) bond motifs is 1. The molecule has 4 aromatic rings. The van der Waals surface area contributed by atoms with Crippen LogP contribution in [-0.2, 0) is 17.9 Å². The number of nitrogens with zero attached hydrogens (tertiary/aromatic N) is 1. The van der Waals surface area contributed by atoms with E-state index in [1.165, 1.54) is 27.6 Å². The molecule has 1 atom stereocenters. The van der Waals surface area contributed by atoms with Gasteiger partial charge in [-0.05, 0) is 48.1 Å². The maximum atomic E-state index is 12.7. The van der Waals surface area contributed by atoms with Crippen molar-refractivity contribution >= 4 is 16.8 Å². The first kappa shape index (κ1) is 21.0. The quantitative estimate of drug-likeness (QED) is 0.382. The number of hydrogen-bond acceptors (Lipinski definition) is 2. The monoisotopic (exact) mass is 414 g/mol. The fraction of sp³-hybridized carbons (Fsp3) is 0.296. The standard InChI is InChI=1S/C27H30N2O2/c1-19(2)24(15-27(30)28-16-22-7-6-14-31-22)25-18-29(26-9-5-4-8-23(25)26)17-21-12-10-20(3)11-13-21/h4-14,18-19,24H,15-17H2,1-3H3,(H,28,30)/t24-/m0/s1. The van der Waals surface area contributed by atoms with E-state index in [-0.39, 0.29) is 11.8 Å². The SMILES string of the molecule is Cc1ccc(Cn2cc([C@@H](CC(=O)NCc3ccco3)C(C)C)c3ccccc32)cc1. The van der Waals surface area contributed by atoms with Crippen LogP contribution < -0.4 is 5.32 Å². The van der Waals surface area contributed by atoms with E-state index >= 15 is 0 Å². The van der Waals surface area contributed by atoms with Crippen molar-refractivity contribution in [3.05, 3.63) is 95.6 Å². The van der Waals surface area contributed by atoms with Gasteiger partial charge in [-0.2, -0.15) is 0 Å². The maximum Gasteiger partial charge on any atom is 0.220 e. The van der Waals surface area contributed by atoms with E-state index in [9.17, 15) is 4.79 Å². The van der Waals surface area contributed by atoms with Gasteiger partial charge in [-0.3, -0.25) is 4.79 Å². The Morgan fingerprint density at radius 2 is 1.81 bits per heavy atom. The highest BCUT2D eigenvalue weighted by Gasteiger charge is 2.24. The van der Waals surface area contributed by atoms with Gasteiger partial charge in [0.1, 0.15) is 5.76 Å². The average Bonchev–Trinajstić information content (AvgIpc) is 3.40. The molecule has 1 amide bonds. The zero-order valence-corrected chi connectivity index (χ0v) is 18.5. The van der Waals surface area contributed by atoms with Gasteiger partial charge in [0.25, 0.3) is 0 Å². The number of hydrogen-bond donors (Lipinski definition) is 1. The van der Waals surface area contributed by atoms with E-state index in [0.29, 0.717) is 18.9 Å². The van der Waals surface area contributed by atoms with Crippen LogP contribution >= 0.6 is 0 Å². The van der Waals surface area contributed by atoms with Crippen molar-refractivity contribution in [3.63, 3.8) is 0 Å². The lowest BCUT2D eigenvalue weighted by Crippen LogP contribution is -2.25. The number of para-hydroxylation sites is 1. The van der Waals surface area contributed by atoms with Gasteiger partial charge in [-0.25, -0.2) is 0 Å². The fourth-order valence-electron chi connectivity index (χ4n) is 4.17. The number of rotatable bonds is 8. The van der Waals surface area contributed by atoms with E-state index in [1.54, 1.807) is 6.26 Å². The van der Waals surface area contributed by atoms with Crippen LogP contribution in [0.3, 0.4) is 0 Å². The molecule has 4 nitrogen and oxygen atoms in total. The van der Waals surface area contributed by atoms with Gasteiger partial charge < -0.3 is 14.3 Å². The summed E-state index contributed by atoms with van der Waals surface area (Å²) >= 11 is 0. The molecule has 0 bridgehead atoms. The second-order valence-electron chi connectivity index (χ2n) is 8.63. The summed E-state index contributed by atoms with van der Waals surface area (Å²) in [7, 11) is 0. The first-order valence-electron chi connectivity index (χ1n) is 10.9. The minimum Gasteiger partial charge on any atom is -0.467 e. The Hall–Kier alpha value is -3.27. The van der Waals surface area contributed by atoms with Crippen molar-refractivity contribution in [1.29, 1.82) is 0 Å². The molecule has 31 heavy (non-hydrogen) atoms. The number of carbonyl (C=O) groups excluding carboxylic acids is 1. The topological polar surface area (TPSA) is 47.2 Å². The van der Waals surface area contributed by atoms with E-state index < -0.39 is 0 Å². The molecule has 1 N–H and O–H groups in total. The minimum absolute atomic E-state index is 0.0467. The van der Waals surface area contributed by atoms with Gasteiger partial charge in [0, 0.05) is 30.1 Å². The summed E-state index contributed by atoms with van der Waals surface area (Å²) in [6.07, 6.45) is 4.33. The Morgan fingerprint density at radius 1 is 1.03 bits per heavy atom. The van der Waals surface area contributed by atoms with Crippen LogP contribution in [0.5, 0.6) is 0 Å². The molecule has 0 radical (unpaired) electrons. The molecule has 0 spiro atoms. The van der Waals surface area contributed by atoms with E-state index in [4.69, 9.17) is 4.42 Å². The first-order valence-corrected chi connectivity index (χ1v) is 10.9. The second-order valence-corrected chi connectivity index (χ2v) is 8.63. The highest BCUT2D eigenvalue weighted by molar-refractivity contribution is 5.86. The number of benzene rings is 2. The molecule has 2 aromatic heterocycles. The predicted octanol–water partition coefficient (Wildman–Crippen LogP) is 6.04. The Balaban J connectivity index is 1.59. The van der Waals surface area contributed by atoms with Crippen molar-refractivity contribution in [2.24, 2.45) is 5.92 Å². The minimum atomic E-state index is 0.0467. The Kier molecular flexibility index (Phi) is 6.26. The molecular weight excluding hydrogens is 384 g/mol. The van der Waals surface area contributed by atoms with Crippen molar-refractivity contribution in [2.75, 3.05) is 0 Å². The highest BCUT2D eigenvalue weighted by Crippen LogP contribution is 2.35. The molecule has 160 valence electrons. The van der Waals surface area contributed by atoms with Crippen LogP contribution in [0.2, 0.25) is 0 Å². The Labute approximate surface area is 183 Å². The van der Waals surface area contributed by atoms with Gasteiger partial charge in [-0.1, -0.05) is 61.9 Å². The first-order chi connectivity index (χ1) is 15.0. The van der Waals surface area contributed by atoms with Crippen molar-refractivity contribution in [3.8, 4) is 0 Å². The summed E-state index contributed by atoms with van der Waals surface area (Å²) in [5, 5.41) is 4.23. The van der Waals surface area contributed by atoms with Gasteiger partial charge in [0.05, 0.1) is 12.8 Å². The molecule has 0 fully saturated rings. The smallest absolute Gasteiger partial charge is 0.220 e. The molecule has 4 rings (SSSR count). The molecular formula is C27H30N2O2. The summed E-state index contributed by atoms with van der Waals surface area (Å²) in [6.45, 7) is 7.73. The number of furan rings is 1. The molecule has 2 aromatic carbocycles. The number of carbonyl (C=O) groups is 1. The van der Waals surface area contributed by atoms with Crippen LogP contribution in [-0.4, -0.2) is 10.5 Å². The largest absolute Gasteiger partial charge is 0.467 e. The normalized spacial score (nSPS) is 12.4. The van der Waals surface area contributed by atoms with Gasteiger partial charge in [-0.15, -0.1) is 0 Å². The Bertz CT molecular complexity index is 1140. The van der Waals surface area contributed by atoms with Crippen LogP contribution in [0, 0.1) is 12.8 Å². The third-order valence-corrected chi connectivity index (χ3v) is 5.94. The summed E-state index contributed by atoms with van der Waals surface area (Å²) in [6, 6.07) is 20.9. The molecule has 0 saturated carbocycles. The van der Waals surface area contributed by atoms with Crippen molar-refractivity contribution < 1.29 is 9.21 Å². The van der Waals surface area contributed by atoms with Gasteiger partial charge in [0.15, 0.2) is 0 Å². The lowest BCUT2D eigenvalue weighted by Gasteiger charge is -2.20. The maximum absolute atomic E-state index is 12.7. The number of nitrogens with one attached hydrogen (secondary N) is 1.